The molecule has 2 nitrogen and oxygen atoms in total. The lowest BCUT2D eigenvalue weighted by molar-refractivity contribution is 0.250. The van der Waals surface area contributed by atoms with Gasteiger partial charge in [0.15, 0.2) is 0 Å². The first-order valence-electron chi connectivity index (χ1n) is 4.41. The van der Waals surface area contributed by atoms with E-state index in [1.54, 1.807) is 6.07 Å². The van der Waals surface area contributed by atoms with Crippen molar-refractivity contribution in [3.05, 3.63) is 34.6 Å². The third-order valence-electron chi connectivity index (χ3n) is 1.92. The third kappa shape index (κ3) is 3.25. The molecular formula is C10H13ClFNO. The summed E-state index contributed by atoms with van der Waals surface area (Å²) in [6.07, 6.45) is 0. The largest absolute Gasteiger partial charge is 0.395 e. The Hall–Kier alpha value is -0.640. The van der Waals surface area contributed by atoms with Crippen molar-refractivity contribution in [1.82, 2.24) is 5.32 Å². The van der Waals surface area contributed by atoms with Crippen molar-refractivity contribution in [3.63, 3.8) is 0 Å². The fourth-order valence-electron chi connectivity index (χ4n) is 1.03. The maximum atomic E-state index is 13.2. The van der Waals surface area contributed by atoms with Gasteiger partial charge in [-0.25, -0.2) is 4.39 Å². The molecule has 1 rings (SSSR count). The zero-order chi connectivity index (χ0) is 10.6. The van der Waals surface area contributed by atoms with E-state index in [1.807, 2.05) is 6.92 Å². The number of hydrogen-bond acceptors (Lipinski definition) is 2. The summed E-state index contributed by atoms with van der Waals surface area (Å²) >= 11 is 5.72. The molecule has 0 aliphatic rings. The highest BCUT2D eigenvalue weighted by atomic mass is 35.5. The van der Waals surface area contributed by atoms with Crippen molar-refractivity contribution in [1.29, 1.82) is 0 Å². The smallest absolute Gasteiger partial charge is 0.127 e. The van der Waals surface area contributed by atoms with Crippen molar-refractivity contribution in [3.8, 4) is 0 Å². The topological polar surface area (TPSA) is 32.3 Å². The highest BCUT2D eigenvalue weighted by Crippen LogP contribution is 2.14. The summed E-state index contributed by atoms with van der Waals surface area (Å²) in [5.41, 5.74) is 0.512. The van der Waals surface area contributed by atoms with Crippen LogP contribution in [0.25, 0.3) is 0 Å². The Labute approximate surface area is 87.7 Å². The van der Waals surface area contributed by atoms with E-state index in [9.17, 15) is 4.39 Å². The average molecular weight is 218 g/mol. The molecule has 0 bridgehead atoms. The molecular weight excluding hydrogens is 205 g/mol. The molecule has 0 amide bonds. The molecule has 1 atom stereocenters. The molecule has 0 spiro atoms. The highest BCUT2D eigenvalue weighted by molar-refractivity contribution is 6.30. The lowest BCUT2D eigenvalue weighted by atomic mass is 10.2. The van der Waals surface area contributed by atoms with Crippen LogP contribution in [0, 0.1) is 5.82 Å². The van der Waals surface area contributed by atoms with E-state index in [4.69, 9.17) is 16.7 Å². The van der Waals surface area contributed by atoms with Gasteiger partial charge in [0.2, 0.25) is 0 Å². The molecule has 0 fully saturated rings. The molecule has 14 heavy (non-hydrogen) atoms. The van der Waals surface area contributed by atoms with Crippen LogP contribution in [0.1, 0.15) is 12.5 Å². The van der Waals surface area contributed by atoms with Crippen LogP contribution < -0.4 is 5.32 Å². The van der Waals surface area contributed by atoms with Gasteiger partial charge in [0.1, 0.15) is 5.82 Å². The Kier molecular flexibility index (Phi) is 4.32. The normalized spacial score (nSPS) is 12.9. The molecule has 0 saturated heterocycles. The van der Waals surface area contributed by atoms with Crippen molar-refractivity contribution in [2.75, 3.05) is 6.61 Å². The van der Waals surface area contributed by atoms with Gasteiger partial charge in [-0.2, -0.15) is 0 Å². The van der Waals surface area contributed by atoms with E-state index in [-0.39, 0.29) is 18.5 Å². The number of aliphatic hydroxyl groups is 1. The van der Waals surface area contributed by atoms with Gasteiger partial charge in [0.25, 0.3) is 0 Å². The van der Waals surface area contributed by atoms with E-state index in [0.29, 0.717) is 17.1 Å². The van der Waals surface area contributed by atoms with Crippen molar-refractivity contribution in [2.24, 2.45) is 0 Å². The Morgan fingerprint density at radius 1 is 1.57 bits per heavy atom. The molecule has 4 heteroatoms. The van der Waals surface area contributed by atoms with Crippen LogP contribution in [-0.2, 0) is 6.54 Å². The summed E-state index contributed by atoms with van der Waals surface area (Å²) in [7, 11) is 0. The number of hydrogen-bond donors (Lipinski definition) is 2. The number of halogens is 2. The van der Waals surface area contributed by atoms with Gasteiger partial charge in [0, 0.05) is 23.2 Å². The molecule has 0 unspecified atom stereocenters. The van der Waals surface area contributed by atoms with Crippen LogP contribution in [0.2, 0.25) is 5.02 Å². The van der Waals surface area contributed by atoms with E-state index < -0.39 is 0 Å². The molecule has 1 aromatic carbocycles. The molecule has 0 aromatic heterocycles. The summed E-state index contributed by atoms with van der Waals surface area (Å²) in [5, 5.41) is 12.2. The first-order chi connectivity index (χ1) is 6.63. The van der Waals surface area contributed by atoms with Gasteiger partial charge < -0.3 is 10.4 Å². The second-order valence-electron chi connectivity index (χ2n) is 3.20. The fraction of sp³-hybridized carbons (Fsp3) is 0.400. The van der Waals surface area contributed by atoms with Crippen molar-refractivity contribution >= 4 is 11.6 Å². The predicted molar refractivity (Wildman–Crippen MR) is 54.8 cm³/mol. The molecule has 0 radical (unpaired) electrons. The molecule has 1 aromatic rings. The van der Waals surface area contributed by atoms with Gasteiger partial charge in [0.05, 0.1) is 6.61 Å². The zero-order valence-electron chi connectivity index (χ0n) is 7.93. The SMILES string of the molecule is C[C@H](CO)NCc1cc(Cl)ccc1F. The van der Waals surface area contributed by atoms with E-state index >= 15 is 0 Å². The zero-order valence-corrected chi connectivity index (χ0v) is 8.68. The summed E-state index contributed by atoms with van der Waals surface area (Å²) in [6, 6.07) is 4.38. The molecule has 0 saturated carbocycles. The van der Waals surface area contributed by atoms with Crippen LogP contribution in [0.5, 0.6) is 0 Å². The Morgan fingerprint density at radius 3 is 2.93 bits per heavy atom. The summed E-state index contributed by atoms with van der Waals surface area (Å²) in [4.78, 5) is 0. The van der Waals surface area contributed by atoms with Crippen molar-refractivity contribution < 1.29 is 9.50 Å². The minimum absolute atomic E-state index is 0.0299. The Morgan fingerprint density at radius 2 is 2.29 bits per heavy atom. The number of nitrogens with one attached hydrogen (secondary N) is 1. The van der Waals surface area contributed by atoms with Gasteiger partial charge in [-0.1, -0.05) is 11.6 Å². The first-order valence-corrected chi connectivity index (χ1v) is 4.79. The van der Waals surface area contributed by atoms with Crippen molar-refractivity contribution in [2.45, 2.75) is 19.5 Å². The van der Waals surface area contributed by atoms with Crippen LogP contribution >= 0.6 is 11.6 Å². The van der Waals surface area contributed by atoms with Crippen LogP contribution in [0.3, 0.4) is 0 Å². The number of benzene rings is 1. The van der Waals surface area contributed by atoms with Gasteiger partial charge in [-0.15, -0.1) is 0 Å². The van der Waals surface area contributed by atoms with Gasteiger partial charge in [-0.05, 0) is 25.1 Å². The molecule has 0 aliphatic heterocycles. The van der Waals surface area contributed by atoms with E-state index in [2.05, 4.69) is 5.32 Å². The fourth-order valence-corrected chi connectivity index (χ4v) is 1.22. The van der Waals surface area contributed by atoms with Gasteiger partial charge in [-0.3, -0.25) is 0 Å². The van der Waals surface area contributed by atoms with E-state index in [0.717, 1.165) is 0 Å². The maximum Gasteiger partial charge on any atom is 0.127 e. The Balaban J connectivity index is 2.62. The number of aliphatic hydroxyl groups excluding tert-OH is 1. The second-order valence-corrected chi connectivity index (χ2v) is 3.64. The monoisotopic (exact) mass is 217 g/mol. The summed E-state index contributed by atoms with van der Waals surface area (Å²) in [5.74, 6) is -0.285. The minimum atomic E-state index is -0.285. The summed E-state index contributed by atoms with van der Waals surface area (Å²) < 4.78 is 13.2. The van der Waals surface area contributed by atoms with Gasteiger partial charge >= 0.3 is 0 Å². The van der Waals surface area contributed by atoms with Crippen LogP contribution in [-0.4, -0.2) is 17.8 Å². The number of rotatable bonds is 4. The minimum Gasteiger partial charge on any atom is -0.395 e. The molecule has 0 aliphatic carbocycles. The van der Waals surface area contributed by atoms with E-state index in [1.165, 1.54) is 12.1 Å². The first kappa shape index (κ1) is 11.4. The molecule has 78 valence electrons. The molecule has 2 N–H and O–H groups in total. The molecule has 0 heterocycles. The quantitative estimate of drug-likeness (QED) is 0.808. The highest BCUT2D eigenvalue weighted by Gasteiger charge is 2.04. The lowest BCUT2D eigenvalue weighted by Gasteiger charge is -2.11. The second kappa shape index (κ2) is 5.29. The maximum absolute atomic E-state index is 13.2. The standard InChI is InChI=1S/C10H13ClFNO/c1-7(6-14)13-5-8-4-9(11)2-3-10(8)12/h2-4,7,13-14H,5-6H2,1H3/t7-/m1/s1. The lowest BCUT2D eigenvalue weighted by Crippen LogP contribution is -2.28. The predicted octanol–water partition coefficient (Wildman–Crippen LogP) is 1.95. The van der Waals surface area contributed by atoms with Crippen LogP contribution in [0.4, 0.5) is 4.39 Å². The average Bonchev–Trinajstić information content (AvgIpc) is 2.19. The third-order valence-corrected chi connectivity index (χ3v) is 2.16. The summed E-state index contributed by atoms with van der Waals surface area (Å²) in [6.45, 7) is 2.22. The Bertz CT molecular complexity index is 306. The van der Waals surface area contributed by atoms with Crippen LogP contribution in [0.15, 0.2) is 18.2 Å².